The first-order valence-corrected chi connectivity index (χ1v) is 12.1. The number of carbonyl (C=O) groups is 1. The molecule has 0 amide bonds. The van der Waals surface area contributed by atoms with Gasteiger partial charge in [0.05, 0.1) is 11.8 Å². The topological polar surface area (TPSA) is 65.6 Å². The van der Waals surface area contributed by atoms with Crippen LogP contribution in [-0.2, 0) is 13.0 Å². The van der Waals surface area contributed by atoms with Gasteiger partial charge in [0, 0.05) is 28.4 Å². The van der Waals surface area contributed by atoms with Crippen molar-refractivity contribution in [2.24, 2.45) is 0 Å². The molecule has 8 heteroatoms. The number of tetrazole rings is 1. The molecule has 3 aromatic heterocycles. The van der Waals surface area contributed by atoms with Gasteiger partial charge in [-0.15, -0.1) is 16.4 Å². The highest BCUT2D eigenvalue weighted by molar-refractivity contribution is 7.99. The van der Waals surface area contributed by atoms with Crippen molar-refractivity contribution in [3.8, 4) is 0 Å². The smallest absolute Gasteiger partial charge is 0.210 e. The lowest BCUT2D eigenvalue weighted by Crippen LogP contribution is -2.16. The maximum atomic E-state index is 12.9. The molecule has 0 unspecified atom stereocenters. The lowest BCUT2D eigenvalue weighted by Gasteiger charge is -2.21. The number of hydrogen-bond acceptors (Lipinski definition) is 6. The average Bonchev–Trinajstić information content (AvgIpc) is 3.47. The summed E-state index contributed by atoms with van der Waals surface area (Å²) >= 11 is 3.24. The highest BCUT2D eigenvalue weighted by atomic mass is 32.2. The number of thiophene rings is 1. The van der Waals surface area contributed by atoms with E-state index in [0.717, 1.165) is 47.9 Å². The second-order valence-electron chi connectivity index (χ2n) is 7.68. The van der Waals surface area contributed by atoms with E-state index in [1.165, 1.54) is 35.9 Å². The first-order valence-electron chi connectivity index (χ1n) is 10.3. The van der Waals surface area contributed by atoms with Crippen LogP contribution in [0.4, 0.5) is 0 Å². The quantitative estimate of drug-likeness (QED) is 0.377. The van der Waals surface area contributed by atoms with Crippen molar-refractivity contribution in [2.75, 3.05) is 5.75 Å². The summed E-state index contributed by atoms with van der Waals surface area (Å²) in [6.07, 6.45) is 6.99. The Bertz CT molecular complexity index is 954. The molecule has 0 radical (unpaired) electrons. The Hall–Kier alpha value is -1.93. The van der Waals surface area contributed by atoms with Crippen molar-refractivity contribution in [3.05, 3.63) is 45.4 Å². The summed E-state index contributed by atoms with van der Waals surface area (Å²) in [7, 11) is 0. The molecule has 1 fully saturated rings. The molecular formula is C21H27N5OS2. The van der Waals surface area contributed by atoms with Gasteiger partial charge >= 0.3 is 0 Å². The lowest BCUT2D eigenvalue weighted by atomic mass is 9.96. The molecule has 0 bridgehead atoms. The van der Waals surface area contributed by atoms with Gasteiger partial charge in [0.2, 0.25) is 5.16 Å². The number of aromatic nitrogens is 5. The summed E-state index contributed by atoms with van der Waals surface area (Å²) in [4.78, 5) is 14.3. The number of aryl methyl sites for hydroxylation is 2. The van der Waals surface area contributed by atoms with E-state index in [9.17, 15) is 4.79 Å². The Labute approximate surface area is 179 Å². The highest BCUT2D eigenvalue weighted by Crippen LogP contribution is 2.30. The van der Waals surface area contributed by atoms with E-state index in [0.29, 0.717) is 11.8 Å². The Morgan fingerprint density at radius 3 is 2.86 bits per heavy atom. The average molecular weight is 430 g/mol. The monoisotopic (exact) mass is 429 g/mol. The Balaban J connectivity index is 1.40. The fraction of sp³-hybridized carbons (Fsp3) is 0.524. The summed E-state index contributed by atoms with van der Waals surface area (Å²) in [5.41, 5.74) is 3.01. The summed E-state index contributed by atoms with van der Waals surface area (Å²) in [6, 6.07) is 6.65. The van der Waals surface area contributed by atoms with Crippen LogP contribution in [0.1, 0.15) is 64.8 Å². The lowest BCUT2D eigenvalue weighted by molar-refractivity contribution is 0.102. The van der Waals surface area contributed by atoms with E-state index < -0.39 is 0 Å². The van der Waals surface area contributed by atoms with Crippen molar-refractivity contribution >= 4 is 28.9 Å². The molecule has 1 aliphatic carbocycles. The predicted molar refractivity (Wildman–Crippen MR) is 117 cm³/mol. The van der Waals surface area contributed by atoms with Crippen LogP contribution in [0.3, 0.4) is 0 Å². The fourth-order valence-electron chi connectivity index (χ4n) is 4.15. The van der Waals surface area contributed by atoms with Crippen LogP contribution in [0.5, 0.6) is 0 Å². The third-order valence-electron chi connectivity index (χ3n) is 5.75. The number of thioether (sulfide) groups is 1. The van der Waals surface area contributed by atoms with Gasteiger partial charge < -0.3 is 4.57 Å². The molecule has 0 spiro atoms. The minimum atomic E-state index is 0.142. The third kappa shape index (κ3) is 4.64. The van der Waals surface area contributed by atoms with Crippen molar-refractivity contribution in [1.29, 1.82) is 0 Å². The standard InChI is InChI=1S/C21H27N5OS2/c1-15-13-19(16(2)25(15)11-10-18-9-6-12-28-18)20(27)14-29-21-22-23-24-26(21)17-7-4-3-5-8-17/h6,9,12-13,17H,3-5,7-8,10-11,14H2,1-2H3. The van der Waals surface area contributed by atoms with Crippen molar-refractivity contribution in [2.45, 2.75) is 70.1 Å². The Kier molecular flexibility index (Phi) is 6.50. The van der Waals surface area contributed by atoms with E-state index in [-0.39, 0.29) is 5.78 Å². The molecule has 0 saturated heterocycles. The fourth-order valence-corrected chi connectivity index (χ4v) is 5.67. The second kappa shape index (κ2) is 9.26. The van der Waals surface area contributed by atoms with Crippen LogP contribution in [-0.4, -0.2) is 36.3 Å². The van der Waals surface area contributed by atoms with Crippen LogP contribution >= 0.6 is 23.1 Å². The van der Waals surface area contributed by atoms with Crippen LogP contribution in [0.25, 0.3) is 0 Å². The van der Waals surface area contributed by atoms with E-state index in [2.05, 4.69) is 44.5 Å². The Morgan fingerprint density at radius 2 is 2.10 bits per heavy atom. The number of ketones is 1. The zero-order chi connectivity index (χ0) is 20.2. The number of nitrogens with zero attached hydrogens (tertiary/aromatic N) is 5. The van der Waals surface area contributed by atoms with Crippen molar-refractivity contribution in [3.63, 3.8) is 0 Å². The number of hydrogen-bond donors (Lipinski definition) is 0. The molecule has 0 aliphatic heterocycles. The summed E-state index contributed by atoms with van der Waals surface area (Å²) in [5, 5.41) is 15.1. The molecule has 0 aromatic carbocycles. The van der Waals surface area contributed by atoms with Gasteiger partial charge in [0.1, 0.15) is 0 Å². The van der Waals surface area contributed by atoms with E-state index >= 15 is 0 Å². The van der Waals surface area contributed by atoms with Gasteiger partial charge in [-0.25, -0.2) is 4.68 Å². The zero-order valence-electron chi connectivity index (χ0n) is 17.0. The number of Topliss-reactive ketones (excluding diaryl/α,β-unsaturated/α-hetero) is 1. The maximum Gasteiger partial charge on any atom is 0.210 e. The molecular weight excluding hydrogens is 402 g/mol. The normalized spacial score (nSPS) is 15.1. The van der Waals surface area contributed by atoms with Gasteiger partial charge in [0.15, 0.2) is 5.78 Å². The summed E-state index contributed by atoms with van der Waals surface area (Å²) < 4.78 is 4.19. The van der Waals surface area contributed by atoms with Crippen molar-refractivity contribution < 1.29 is 4.79 Å². The van der Waals surface area contributed by atoms with Crippen LogP contribution in [0.15, 0.2) is 28.7 Å². The van der Waals surface area contributed by atoms with Gasteiger partial charge in [-0.1, -0.05) is 37.1 Å². The SMILES string of the molecule is Cc1cc(C(=O)CSc2nnnn2C2CCCCC2)c(C)n1CCc1cccs1. The zero-order valence-corrected chi connectivity index (χ0v) is 18.6. The molecule has 1 saturated carbocycles. The van der Waals surface area contributed by atoms with Gasteiger partial charge in [-0.05, 0) is 61.0 Å². The first-order chi connectivity index (χ1) is 14.1. The first kappa shape index (κ1) is 20.3. The summed E-state index contributed by atoms with van der Waals surface area (Å²) in [5.74, 6) is 0.506. The highest BCUT2D eigenvalue weighted by Gasteiger charge is 2.22. The van der Waals surface area contributed by atoms with Crippen LogP contribution in [0, 0.1) is 13.8 Å². The molecule has 3 heterocycles. The molecule has 1 aliphatic rings. The van der Waals surface area contributed by atoms with Crippen LogP contribution < -0.4 is 0 Å². The van der Waals surface area contributed by atoms with Gasteiger partial charge in [-0.3, -0.25) is 4.79 Å². The molecule has 29 heavy (non-hydrogen) atoms. The number of carbonyl (C=O) groups excluding carboxylic acids is 1. The van der Waals surface area contributed by atoms with Gasteiger partial charge in [0.25, 0.3) is 0 Å². The molecule has 4 rings (SSSR count). The second-order valence-corrected chi connectivity index (χ2v) is 9.65. The molecule has 6 nitrogen and oxygen atoms in total. The molecule has 3 aromatic rings. The number of rotatable bonds is 8. The molecule has 0 atom stereocenters. The van der Waals surface area contributed by atoms with Crippen LogP contribution in [0.2, 0.25) is 0 Å². The van der Waals surface area contributed by atoms with E-state index in [1.807, 2.05) is 17.7 Å². The molecule has 154 valence electrons. The van der Waals surface area contributed by atoms with Crippen molar-refractivity contribution in [1.82, 2.24) is 24.8 Å². The third-order valence-corrected chi connectivity index (χ3v) is 7.62. The largest absolute Gasteiger partial charge is 0.348 e. The van der Waals surface area contributed by atoms with E-state index in [4.69, 9.17) is 0 Å². The molecule has 0 N–H and O–H groups in total. The summed E-state index contributed by atoms with van der Waals surface area (Å²) in [6.45, 7) is 5.03. The predicted octanol–water partition coefficient (Wildman–Crippen LogP) is 4.88. The Morgan fingerprint density at radius 1 is 1.28 bits per heavy atom. The minimum absolute atomic E-state index is 0.142. The van der Waals surface area contributed by atoms with E-state index in [1.54, 1.807) is 11.3 Å². The minimum Gasteiger partial charge on any atom is -0.348 e. The van der Waals surface area contributed by atoms with Gasteiger partial charge in [-0.2, -0.15) is 0 Å². The maximum absolute atomic E-state index is 12.9.